The molecule has 1 heteroatoms. The van der Waals surface area contributed by atoms with Crippen LogP contribution < -0.4 is 0 Å². The zero-order valence-electron chi connectivity index (χ0n) is 15.3. The van der Waals surface area contributed by atoms with E-state index < -0.39 is 0 Å². The zero-order valence-corrected chi connectivity index (χ0v) is 15.3. The van der Waals surface area contributed by atoms with E-state index in [9.17, 15) is 0 Å². The van der Waals surface area contributed by atoms with Crippen molar-refractivity contribution in [2.24, 2.45) is 0 Å². The first-order valence-corrected chi connectivity index (χ1v) is 9.57. The van der Waals surface area contributed by atoms with Crippen molar-refractivity contribution in [3.63, 3.8) is 0 Å². The molecule has 21 heavy (non-hydrogen) atoms. The van der Waals surface area contributed by atoms with Gasteiger partial charge in [-0.05, 0) is 32.9 Å². The number of nitrogens with zero attached hydrogens (tertiary/aromatic N) is 1. The minimum atomic E-state index is 1.10. The molecule has 0 radical (unpaired) electrons. The molecule has 126 valence electrons. The summed E-state index contributed by atoms with van der Waals surface area (Å²) in [6.45, 7) is 14.5. The Bertz CT molecular complexity index is 206. The molecule has 0 aromatic heterocycles. The zero-order chi connectivity index (χ0) is 15.8. The summed E-state index contributed by atoms with van der Waals surface area (Å²) in [4.78, 5) is 2.63. The lowest BCUT2D eigenvalue weighted by Crippen LogP contribution is -2.27. The Balaban J connectivity index is 3.64. The van der Waals surface area contributed by atoms with Crippen LogP contribution in [0, 0.1) is 0 Å². The van der Waals surface area contributed by atoms with E-state index in [1.54, 1.807) is 0 Å². The van der Waals surface area contributed by atoms with Crippen molar-refractivity contribution in [1.82, 2.24) is 4.90 Å². The third kappa shape index (κ3) is 15.9. The summed E-state index contributed by atoms with van der Waals surface area (Å²) in [5.41, 5.74) is 1.31. The maximum atomic E-state index is 4.09. The Kier molecular flexibility index (Phi) is 15.8. The van der Waals surface area contributed by atoms with Crippen LogP contribution in [0.4, 0.5) is 0 Å². The van der Waals surface area contributed by atoms with E-state index in [1.165, 1.54) is 95.7 Å². The van der Waals surface area contributed by atoms with Gasteiger partial charge in [0, 0.05) is 6.54 Å². The lowest BCUT2D eigenvalue weighted by molar-refractivity contribution is 0.280. The minimum absolute atomic E-state index is 1.10. The molecule has 1 nitrogen and oxygen atoms in total. The van der Waals surface area contributed by atoms with Crippen molar-refractivity contribution < 1.29 is 0 Å². The molecule has 0 saturated carbocycles. The third-order valence-electron chi connectivity index (χ3n) is 4.15. The molecule has 0 aliphatic carbocycles. The van der Waals surface area contributed by atoms with Gasteiger partial charge in [0.1, 0.15) is 0 Å². The van der Waals surface area contributed by atoms with Crippen LogP contribution in [0.2, 0.25) is 0 Å². The first-order valence-electron chi connectivity index (χ1n) is 9.57. The van der Waals surface area contributed by atoms with Crippen LogP contribution in [-0.4, -0.2) is 24.5 Å². The monoisotopic (exact) mass is 295 g/mol. The van der Waals surface area contributed by atoms with Gasteiger partial charge in [0.15, 0.2) is 0 Å². The van der Waals surface area contributed by atoms with Crippen LogP contribution in [0.1, 0.15) is 97.8 Å². The first-order chi connectivity index (χ1) is 10.2. The van der Waals surface area contributed by atoms with Crippen LogP contribution in [0.25, 0.3) is 0 Å². The summed E-state index contributed by atoms with van der Waals surface area (Å²) in [7, 11) is 0. The summed E-state index contributed by atoms with van der Waals surface area (Å²) in [6, 6.07) is 0. The number of unbranched alkanes of at least 4 members (excludes halogenated alkanes) is 10. The molecule has 0 heterocycles. The Labute approximate surface area is 135 Å². The van der Waals surface area contributed by atoms with E-state index >= 15 is 0 Å². The van der Waals surface area contributed by atoms with E-state index in [0.717, 1.165) is 6.54 Å². The highest BCUT2D eigenvalue weighted by Gasteiger charge is 2.04. The number of hydrogen-bond acceptors (Lipinski definition) is 1. The molecule has 0 saturated heterocycles. The first kappa shape index (κ1) is 20.7. The largest absolute Gasteiger partial charge is 0.299 e. The highest BCUT2D eigenvalue weighted by molar-refractivity contribution is 4.91. The molecule has 0 amide bonds. The smallest absolute Gasteiger partial charge is 0.0187 e. The van der Waals surface area contributed by atoms with Gasteiger partial charge >= 0.3 is 0 Å². The van der Waals surface area contributed by atoms with Gasteiger partial charge in [0.2, 0.25) is 0 Å². The minimum Gasteiger partial charge on any atom is -0.299 e. The average molecular weight is 296 g/mol. The molecule has 0 fully saturated rings. The molecule has 0 spiro atoms. The molecule has 0 rings (SSSR count). The molecule has 0 N–H and O–H groups in total. The van der Waals surface area contributed by atoms with Crippen LogP contribution in [0.5, 0.6) is 0 Å². The van der Waals surface area contributed by atoms with E-state index in [4.69, 9.17) is 0 Å². The second-order valence-corrected chi connectivity index (χ2v) is 6.77. The SMILES string of the molecule is C=C(C)CN(CCCCCCCC)CCCCCCCC. The maximum absolute atomic E-state index is 4.09. The summed E-state index contributed by atoms with van der Waals surface area (Å²) < 4.78 is 0. The second kappa shape index (κ2) is 16.1. The molecule has 0 aromatic carbocycles. The fourth-order valence-corrected chi connectivity index (χ4v) is 2.88. The van der Waals surface area contributed by atoms with E-state index in [1.807, 2.05) is 0 Å². The molecule has 0 bridgehead atoms. The van der Waals surface area contributed by atoms with Crippen molar-refractivity contribution in [3.05, 3.63) is 12.2 Å². The van der Waals surface area contributed by atoms with Crippen LogP contribution in [-0.2, 0) is 0 Å². The van der Waals surface area contributed by atoms with Gasteiger partial charge in [0.05, 0.1) is 0 Å². The van der Waals surface area contributed by atoms with Crippen LogP contribution in [0.3, 0.4) is 0 Å². The lowest BCUT2D eigenvalue weighted by Gasteiger charge is -2.22. The third-order valence-corrected chi connectivity index (χ3v) is 4.15. The number of hydrogen-bond donors (Lipinski definition) is 0. The van der Waals surface area contributed by atoms with Gasteiger partial charge in [0.25, 0.3) is 0 Å². The van der Waals surface area contributed by atoms with Gasteiger partial charge in [-0.25, -0.2) is 0 Å². The Hall–Kier alpha value is -0.300. The maximum Gasteiger partial charge on any atom is 0.0187 e. The van der Waals surface area contributed by atoms with Gasteiger partial charge in [-0.3, -0.25) is 4.90 Å². The van der Waals surface area contributed by atoms with Crippen molar-refractivity contribution in [2.45, 2.75) is 97.8 Å². The topological polar surface area (TPSA) is 3.24 Å². The molecule has 0 aromatic rings. The molecule has 0 atom stereocenters. The predicted octanol–water partition coefficient (Wildman–Crippen LogP) is 6.59. The van der Waals surface area contributed by atoms with E-state index in [-0.39, 0.29) is 0 Å². The van der Waals surface area contributed by atoms with Gasteiger partial charge < -0.3 is 0 Å². The normalized spacial score (nSPS) is 11.2. The van der Waals surface area contributed by atoms with Gasteiger partial charge in [-0.15, -0.1) is 0 Å². The van der Waals surface area contributed by atoms with Crippen molar-refractivity contribution in [3.8, 4) is 0 Å². The highest BCUT2D eigenvalue weighted by atomic mass is 15.1. The average Bonchev–Trinajstić information content (AvgIpc) is 2.45. The molecule has 0 aliphatic heterocycles. The summed E-state index contributed by atoms with van der Waals surface area (Å²) in [5.74, 6) is 0. The van der Waals surface area contributed by atoms with E-state index in [0.29, 0.717) is 0 Å². The Morgan fingerprint density at radius 1 is 0.667 bits per heavy atom. The molecular formula is C20H41N. The van der Waals surface area contributed by atoms with Gasteiger partial charge in [-0.2, -0.15) is 0 Å². The van der Waals surface area contributed by atoms with Gasteiger partial charge in [-0.1, -0.05) is 90.2 Å². The highest BCUT2D eigenvalue weighted by Crippen LogP contribution is 2.09. The van der Waals surface area contributed by atoms with E-state index in [2.05, 4.69) is 32.3 Å². The fraction of sp³-hybridized carbons (Fsp3) is 0.900. The predicted molar refractivity (Wildman–Crippen MR) is 98.0 cm³/mol. The summed E-state index contributed by atoms with van der Waals surface area (Å²) in [6.07, 6.45) is 16.8. The molecular weight excluding hydrogens is 254 g/mol. The Morgan fingerprint density at radius 2 is 1.05 bits per heavy atom. The second-order valence-electron chi connectivity index (χ2n) is 6.77. The van der Waals surface area contributed by atoms with Crippen molar-refractivity contribution in [2.75, 3.05) is 19.6 Å². The fourth-order valence-electron chi connectivity index (χ4n) is 2.88. The van der Waals surface area contributed by atoms with Crippen molar-refractivity contribution in [1.29, 1.82) is 0 Å². The Morgan fingerprint density at radius 3 is 1.43 bits per heavy atom. The molecule has 0 aliphatic rings. The standard InChI is InChI=1S/C20H41N/c1-5-7-9-11-13-15-17-21(19-20(3)4)18-16-14-12-10-8-6-2/h3,5-19H2,1-2,4H3. The van der Waals surface area contributed by atoms with Crippen molar-refractivity contribution >= 4 is 0 Å². The van der Waals surface area contributed by atoms with Crippen LogP contribution >= 0.6 is 0 Å². The summed E-state index contributed by atoms with van der Waals surface area (Å²) in [5, 5.41) is 0. The summed E-state index contributed by atoms with van der Waals surface area (Å²) >= 11 is 0. The number of rotatable bonds is 16. The quantitative estimate of drug-likeness (QED) is 0.229. The lowest BCUT2D eigenvalue weighted by atomic mass is 10.1. The van der Waals surface area contributed by atoms with Crippen LogP contribution in [0.15, 0.2) is 12.2 Å². The molecule has 0 unspecified atom stereocenters.